The van der Waals surface area contributed by atoms with Gasteiger partial charge in [0.2, 0.25) is 5.78 Å². The van der Waals surface area contributed by atoms with Crippen molar-refractivity contribution in [3.8, 4) is 22.8 Å². The van der Waals surface area contributed by atoms with Crippen molar-refractivity contribution in [2.24, 2.45) is 0 Å². The van der Waals surface area contributed by atoms with Crippen molar-refractivity contribution in [3.63, 3.8) is 0 Å². The number of fused-ring (bicyclic) bond motifs is 3. The van der Waals surface area contributed by atoms with E-state index in [1.165, 1.54) is 0 Å². The minimum Gasteiger partial charge on any atom is -0.493 e. The van der Waals surface area contributed by atoms with Crippen LogP contribution in [0.4, 0.5) is 0 Å². The van der Waals surface area contributed by atoms with Gasteiger partial charge in [-0.05, 0) is 48.0 Å². The summed E-state index contributed by atoms with van der Waals surface area (Å²) in [7, 11) is 3.18. The zero-order chi connectivity index (χ0) is 22.2. The number of para-hydroxylation sites is 2. The van der Waals surface area contributed by atoms with Gasteiger partial charge in [0.05, 0.1) is 37.5 Å². The number of benzene rings is 3. The van der Waals surface area contributed by atoms with Gasteiger partial charge >= 0.3 is 0 Å². The number of hydrogen-bond donors (Lipinski definition) is 0. The smallest absolute Gasteiger partial charge is 0.260 e. The summed E-state index contributed by atoms with van der Waals surface area (Å²) >= 11 is 6.08. The first kappa shape index (κ1) is 20.2. The van der Waals surface area contributed by atoms with E-state index in [-0.39, 0.29) is 5.56 Å². The van der Waals surface area contributed by atoms with Crippen molar-refractivity contribution < 1.29 is 9.47 Å². The number of methoxy groups -OCH3 is 2. The maximum Gasteiger partial charge on any atom is 0.260 e. The average molecular weight is 446 g/mol. The van der Waals surface area contributed by atoms with Crippen LogP contribution < -0.4 is 15.0 Å². The molecule has 7 heteroatoms. The van der Waals surface area contributed by atoms with Crippen LogP contribution in [0.3, 0.4) is 0 Å². The first-order chi connectivity index (χ1) is 15.6. The maximum absolute atomic E-state index is 13.2. The van der Waals surface area contributed by atoms with E-state index < -0.39 is 0 Å². The molecule has 0 saturated carbocycles. The largest absolute Gasteiger partial charge is 0.493 e. The third kappa shape index (κ3) is 3.39. The van der Waals surface area contributed by atoms with Crippen molar-refractivity contribution >= 4 is 28.4 Å². The highest BCUT2D eigenvalue weighted by atomic mass is 35.5. The van der Waals surface area contributed by atoms with E-state index in [4.69, 9.17) is 26.1 Å². The minimum absolute atomic E-state index is 0.147. The maximum atomic E-state index is 13.2. The normalized spacial score (nSPS) is 11.2. The Kier molecular flexibility index (Phi) is 5.07. The zero-order valence-electron chi connectivity index (χ0n) is 17.6. The SMILES string of the molecule is COc1ccc(-c2cc(=O)n3c4ccccc4nc3n2Cc2ccc(Cl)cc2)cc1OC. The van der Waals surface area contributed by atoms with Gasteiger partial charge < -0.3 is 14.0 Å². The summed E-state index contributed by atoms with van der Waals surface area (Å²) < 4.78 is 14.5. The average Bonchev–Trinajstić information content (AvgIpc) is 3.22. The second kappa shape index (κ2) is 8.05. The van der Waals surface area contributed by atoms with Crippen LogP contribution in [0.5, 0.6) is 11.5 Å². The molecule has 0 N–H and O–H groups in total. The zero-order valence-corrected chi connectivity index (χ0v) is 18.3. The summed E-state index contributed by atoms with van der Waals surface area (Å²) in [4.78, 5) is 18.0. The van der Waals surface area contributed by atoms with Crippen molar-refractivity contribution in [1.29, 1.82) is 0 Å². The highest BCUT2D eigenvalue weighted by Gasteiger charge is 2.17. The molecule has 5 aromatic rings. The fourth-order valence-electron chi connectivity index (χ4n) is 3.94. The second-order valence-electron chi connectivity index (χ2n) is 7.39. The molecule has 0 aliphatic heterocycles. The summed E-state index contributed by atoms with van der Waals surface area (Å²) in [6, 6.07) is 22.5. The van der Waals surface area contributed by atoms with Crippen molar-refractivity contribution in [1.82, 2.24) is 14.0 Å². The first-order valence-corrected chi connectivity index (χ1v) is 10.4. The van der Waals surface area contributed by atoms with Crippen LogP contribution in [0.2, 0.25) is 5.02 Å². The highest BCUT2D eigenvalue weighted by Crippen LogP contribution is 2.33. The quantitative estimate of drug-likeness (QED) is 0.380. The Morgan fingerprint density at radius 2 is 1.66 bits per heavy atom. The number of aromatic nitrogens is 3. The van der Waals surface area contributed by atoms with E-state index in [9.17, 15) is 4.79 Å². The summed E-state index contributed by atoms with van der Waals surface area (Å²) in [5, 5.41) is 0.672. The van der Waals surface area contributed by atoms with Crippen LogP contribution in [-0.2, 0) is 6.54 Å². The van der Waals surface area contributed by atoms with Crippen LogP contribution in [-0.4, -0.2) is 28.2 Å². The Morgan fingerprint density at radius 1 is 0.906 bits per heavy atom. The number of halogens is 1. The lowest BCUT2D eigenvalue weighted by Crippen LogP contribution is -2.19. The molecule has 0 spiro atoms. The van der Waals surface area contributed by atoms with E-state index in [2.05, 4.69) is 0 Å². The molecule has 0 aliphatic carbocycles. The van der Waals surface area contributed by atoms with Gasteiger partial charge in [0.25, 0.3) is 5.56 Å². The number of ether oxygens (including phenoxy) is 2. The predicted molar refractivity (Wildman–Crippen MR) is 126 cm³/mol. The summed E-state index contributed by atoms with van der Waals surface area (Å²) in [6.07, 6.45) is 0. The van der Waals surface area contributed by atoms with Gasteiger partial charge in [0, 0.05) is 16.7 Å². The molecule has 0 fully saturated rings. The van der Waals surface area contributed by atoms with E-state index in [0.717, 1.165) is 27.9 Å². The Labute approximate surface area is 189 Å². The topological polar surface area (TPSA) is 57.8 Å². The standard InChI is InChI=1S/C25H20ClN3O3/c1-31-22-12-9-17(13-23(22)32-2)21-14-24(30)29-20-6-4-3-5-19(20)27-25(29)28(21)15-16-7-10-18(26)11-8-16/h3-14H,15H2,1-2H3. The molecule has 32 heavy (non-hydrogen) atoms. The Balaban J connectivity index is 1.81. The van der Waals surface area contributed by atoms with Crippen molar-refractivity contribution in [2.45, 2.75) is 6.54 Å². The van der Waals surface area contributed by atoms with Gasteiger partial charge in [0.15, 0.2) is 11.5 Å². The Bertz CT molecular complexity index is 1500. The number of rotatable bonds is 5. The van der Waals surface area contributed by atoms with Crippen LogP contribution in [0.25, 0.3) is 28.1 Å². The molecule has 3 aromatic carbocycles. The first-order valence-electron chi connectivity index (χ1n) is 10.1. The molecule has 0 bridgehead atoms. The van der Waals surface area contributed by atoms with E-state index in [0.29, 0.717) is 28.8 Å². The third-order valence-electron chi connectivity index (χ3n) is 5.49. The predicted octanol–water partition coefficient (Wildman–Crippen LogP) is 5.04. The van der Waals surface area contributed by atoms with Crippen molar-refractivity contribution in [3.05, 3.63) is 93.7 Å². The lowest BCUT2D eigenvalue weighted by Gasteiger charge is -2.17. The lowest BCUT2D eigenvalue weighted by atomic mass is 10.1. The highest BCUT2D eigenvalue weighted by molar-refractivity contribution is 6.30. The summed E-state index contributed by atoms with van der Waals surface area (Å²) in [6.45, 7) is 0.508. The van der Waals surface area contributed by atoms with Crippen LogP contribution in [0, 0.1) is 0 Å². The van der Waals surface area contributed by atoms with E-state index in [1.807, 2.05) is 71.3 Å². The van der Waals surface area contributed by atoms with Crippen LogP contribution in [0.15, 0.2) is 77.6 Å². The minimum atomic E-state index is -0.147. The van der Waals surface area contributed by atoms with Crippen LogP contribution >= 0.6 is 11.6 Å². The molecule has 2 aromatic heterocycles. The summed E-state index contributed by atoms with van der Waals surface area (Å²) in [5.41, 5.74) is 3.98. The molecule has 160 valence electrons. The molecule has 0 aliphatic rings. The van der Waals surface area contributed by atoms with Gasteiger partial charge in [-0.1, -0.05) is 35.9 Å². The molecule has 6 nitrogen and oxygen atoms in total. The molecule has 0 unspecified atom stereocenters. The molecule has 5 rings (SSSR count). The lowest BCUT2D eigenvalue weighted by molar-refractivity contribution is 0.355. The molecular formula is C25H20ClN3O3. The van der Waals surface area contributed by atoms with Gasteiger partial charge in [-0.15, -0.1) is 0 Å². The number of hydrogen-bond acceptors (Lipinski definition) is 4. The van der Waals surface area contributed by atoms with Crippen LogP contribution in [0.1, 0.15) is 5.56 Å². The van der Waals surface area contributed by atoms with Crippen molar-refractivity contribution in [2.75, 3.05) is 14.2 Å². The fourth-order valence-corrected chi connectivity index (χ4v) is 4.07. The Hall–Kier alpha value is -3.77. The third-order valence-corrected chi connectivity index (χ3v) is 5.74. The number of nitrogens with zero attached hydrogens (tertiary/aromatic N) is 3. The molecule has 2 heterocycles. The molecule has 0 radical (unpaired) electrons. The van der Waals surface area contributed by atoms with E-state index in [1.54, 1.807) is 24.7 Å². The molecule has 0 amide bonds. The second-order valence-corrected chi connectivity index (χ2v) is 7.82. The molecule has 0 saturated heterocycles. The van der Waals surface area contributed by atoms with Gasteiger partial charge in [0.1, 0.15) is 0 Å². The van der Waals surface area contributed by atoms with Gasteiger partial charge in [-0.2, -0.15) is 0 Å². The summed E-state index contributed by atoms with van der Waals surface area (Å²) in [5.74, 6) is 1.78. The van der Waals surface area contributed by atoms with E-state index >= 15 is 0 Å². The number of imidazole rings is 1. The van der Waals surface area contributed by atoms with Gasteiger partial charge in [-0.25, -0.2) is 9.38 Å². The van der Waals surface area contributed by atoms with Gasteiger partial charge in [-0.3, -0.25) is 4.79 Å². The monoisotopic (exact) mass is 445 g/mol. The molecule has 0 atom stereocenters. The fraction of sp³-hybridized carbons (Fsp3) is 0.120. The Morgan fingerprint density at radius 3 is 2.41 bits per heavy atom. The molecular weight excluding hydrogens is 426 g/mol.